The van der Waals surface area contributed by atoms with Crippen molar-refractivity contribution in [2.24, 2.45) is 0 Å². The summed E-state index contributed by atoms with van der Waals surface area (Å²) in [6.07, 6.45) is 4.75. The molecular weight excluding hydrogens is 446 g/mol. The molecule has 0 saturated carbocycles. The molecule has 34 heavy (non-hydrogen) atoms. The van der Waals surface area contributed by atoms with Crippen LogP contribution in [0.2, 0.25) is 0 Å². The number of benzene rings is 1. The van der Waals surface area contributed by atoms with Gasteiger partial charge in [-0.05, 0) is 60.0 Å². The van der Waals surface area contributed by atoms with Crippen molar-refractivity contribution < 1.29 is 9.90 Å². The predicted molar refractivity (Wildman–Crippen MR) is 134 cm³/mol. The molecule has 3 aromatic heterocycles. The van der Waals surface area contributed by atoms with Crippen LogP contribution < -0.4 is 11.1 Å². The van der Waals surface area contributed by atoms with Gasteiger partial charge < -0.3 is 16.2 Å². The van der Waals surface area contributed by atoms with Crippen LogP contribution in [0.4, 0.5) is 5.82 Å². The number of aliphatic hydroxyl groups is 1. The van der Waals surface area contributed by atoms with Crippen LogP contribution in [-0.2, 0) is 13.1 Å². The smallest absolute Gasteiger partial charge is 0.251 e. The molecule has 0 bridgehead atoms. The van der Waals surface area contributed by atoms with E-state index in [0.717, 1.165) is 27.8 Å². The first kappa shape index (κ1) is 23.2. The summed E-state index contributed by atoms with van der Waals surface area (Å²) in [6.45, 7) is 4.56. The third-order valence-corrected chi connectivity index (χ3v) is 5.93. The second kappa shape index (κ2) is 10.3. The first-order chi connectivity index (χ1) is 16.4. The molecule has 7 nitrogen and oxygen atoms in total. The highest BCUT2D eigenvalue weighted by Gasteiger charge is 2.09. The maximum atomic E-state index is 12.6. The fraction of sp³-hybridized carbons (Fsp3) is 0.192. The number of hydrogen-bond donors (Lipinski definition) is 3. The lowest BCUT2D eigenvalue weighted by molar-refractivity contribution is 0.0951. The van der Waals surface area contributed by atoms with Crippen LogP contribution in [0.1, 0.15) is 39.5 Å². The molecule has 0 spiro atoms. The Morgan fingerprint density at radius 2 is 2.03 bits per heavy atom. The standard InChI is InChI=1S/C26H25N5O2S/c1-17-3-4-22(26(33)29-11-19-7-8-34-16-19)9-20(17)5-6-21-10-23(12-28-25(21)27)24-13-30-31(15-24)14-18(2)32/h3-4,7-10,12-13,15-16,18,32H,11,14H2,1-2H3,(H2,27,28)(H,29,33). The number of nitrogen functional groups attached to an aromatic ring is 1. The Bertz CT molecular complexity index is 1360. The Kier molecular flexibility index (Phi) is 7.07. The summed E-state index contributed by atoms with van der Waals surface area (Å²) in [4.78, 5) is 16.9. The van der Waals surface area contributed by atoms with Gasteiger partial charge in [0.1, 0.15) is 5.82 Å². The molecule has 0 aliphatic rings. The second-order valence-electron chi connectivity index (χ2n) is 8.05. The lowest BCUT2D eigenvalue weighted by atomic mass is 10.0. The molecule has 1 unspecified atom stereocenters. The van der Waals surface area contributed by atoms with Gasteiger partial charge in [0.05, 0.1) is 24.4 Å². The van der Waals surface area contributed by atoms with E-state index >= 15 is 0 Å². The highest BCUT2D eigenvalue weighted by atomic mass is 32.1. The minimum atomic E-state index is -0.490. The molecule has 4 rings (SSSR count). The first-order valence-electron chi connectivity index (χ1n) is 10.8. The maximum Gasteiger partial charge on any atom is 0.251 e. The van der Waals surface area contributed by atoms with Crippen LogP contribution in [0.15, 0.2) is 59.7 Å². The molecule has 0 aliphatic carbocycles. The number of carbonyl (C=O) groups excluding carboxylic acids is 1. The molecule has 8 heteroatoms. The van der Waals surface area contributed by atoms with Crippen LogP contribution in [0.3, 0.4) is 0 Å². The normalized spacial score (nSPS) is 11.5. The van der Waals surface area contributed by atoms with Gasteiger partial charge >= 0.3 is 0 Å². The fourth-order valence-electron chi connectivity index (χ4n) is 3.33. The van der Waals surface area contributed by atoms with Gasteiger partial charge in [0.25, 0.3) is 5.91 Å². The van der Waals surface area contributed by atoms with Gasteiger partial charge in [-0.2, -0.15) is 16.4 Å². The van der Waals surface area contributed by atoms with Crippen molar-refractivity contribution in [3.8, 4) is 23.0 Å². The number of nitrogens with one attached hydrogen (secondary N) is 1. The number of nitrogens with zero attached hydrogens (tertiary/aromatic N) is 3. The predicted octanol–water partition coefficient (Wildman–Crippen LogP) is 3.61. The summed E-state index contributed by atoms with van der Waals surface area (Å²) in [5.41, 5.74) is 11.7. The Hall–Kier alpha value is -3.93. The van der Waals surface area contributed by atoms with Crippen LogP contribution in [0.25, 0.3) is 11.1 Å². The topological polar surface area (TPSA) is 106 Å². The number of hydrogen-bond acceptors (Lipinski definition) is 6. The number of aromatic nitrogens is 3. The van der Waals surface area contributed by atoms with Crippen molar-refractivity contribution in [1.82, 2.24) is 20.1 Å². The van der Waals surface area contributed by atoms with E-state index in [2.05, 4.69) is 27.2 Å². The molecule has 4 N–H and O–H groups in total. The highest BCUT2D eigenvalue weighted by molar-refractivity contribution is 7.07. The van der Waals surface area contributed by atoms with Crippen molar-refractivity contribution in [2.45, 2.75) is 33.0 Å². The van der Waals surface area contributed by atoms with E-state index in [4.69, 9.17) is 5.73 Å². The molecule has 0 fully saturated rings. The lowest BCUT2D eigenvalue weighted by Gasteiger charge is -2.06. The number of amides is 1. The van der Waals surface area contributed by atoms with E-state index in [9.17, 15) is 9.90 Å². The molecule has 0 aliphatic heterocycles. The number of thiophene rings is 1. The van der Waals surface area contributed by atoms with E-state index in [-0.39, 0.29) is 5.91 Å². The minimum absolute atomic E-state index is 0.147. The summed E-state index contributed by atoms with van der Waals surface area (Å²) in [5.74, 6) is 6.43. The molecule has 0 radical (unpaired) electrons. The quantitative estimate of drug-likeness (QED) is 0.373. The van der Waals surface area contributed by atoms with Crippen molar-refractivity contribution >= 4 is 23.1 Å². The van der Waals surface area contributed by atoms with Crippen LogP contribution >= 0.6 is 11.3 Å². The molecule has 1 aromatic carbocycles. The third kappa shape index (κ3) is 5.70. The fourth-order valence-corrected chi connectivity index (χ4v) is 4.00. The summed E-state index contributed by atoms with van der Waals surface area (Å²) in [5, 5.41) is 20.8. The number of rotatable bonds is 6. The molecule has 1 atom stereocenters. The van der Waals surface area contributed by atoms with Crippen LogP contribution in [0.5, 0.6) is 0 Å². The molecular formula is C26H25N5O2S. The number of pyridine rings is 1. The van der Waals surface area contributed by atoms with Gasteiger partial charge in [-0.1, -0.05) is 17.9 Å². The van der Waals surface area contributed by atoms with Crippen molar-refractivity contribution in [3.05, 3.63) is 87.5 Å². The van der Waals surface area contributed by atoms with E-state index in [0.29, 0.717) is 30.0 Å². The molecule has 4 aromatic rings. The van der Waals surface area contributed by atoms with E-state index in [1.807, 2.05) is 42.1 Å². The summed E-state index contributed by atoms with van der Waals surface area (Å²) in [6, 6.07) is 9.33. The van der Waals surface area contributed by atoms with Gasteiger partial charge in [-0.15, -0.1) is 0 Å². The molecule has 1 amide bonds. The van der Waals surface area contributed by atoms with Gasteiger partial charge in [0.15, 0.2) is 0 Å². The van der Waals surface area contributed by atoms with Gasteiger partial charge in [-0.3, -0.25) is 9.48 Å². The maximum absolute atomic E-state index is 12.6. The van der Waals surface area contributed by atoms with E-state index in [1.54, 1.807) is 47.5 Å². The van der Waals surface area contributed by atoms with Gasteiger partial charge in [-0.25, -0.2) is 4.98 Å². The summed E-state index contributed by atoms with van der Waals surface area (Å²) in [7, 11) is 0. The number of nitrogens with two attached hydrogens (primary N) is 1. The Balaban J connectivity index is 1.55. The largest absolute Gasteiger partial charge is 0.391 e. The zero-order valence-electron chi connectivity index (χ0n) is 18.9. The summed E-state index contributed by atoms with van der Waals surface area (Å²) >= 11 is 1.60. The molecule has 3 heterocycles. The van der Waals surface area contributed by atoms with Crippen molar-refractivity contribution in [3.63, 3.8) is 0 Å². The molecule has 0 saturated heterocycles. The Morgan fingerprint density at radius 1 is 1.21 bits per heavy atom. The first-order valence-corrected chi connectivity index (χ1v) is 11.7. The van der Waals surface area contributed by atoms with Crippen molar-refractivity contribution in [1.29, 1.82) is 0 Å². The number of aryl methyl sites for hydroxylation is 1. The number of carbonyl (C=O) groups is 1. The second-order valence-corrected chi connectivity index (χ2v) is 8.83. The Morgan fingerprint density at radius 3 is 2.79 bits per heavy atom. The molecule has 172 valence electrons. The van der Waals surface area contributed by atoms with Crippen LogP contribution in [-0.4, -0.2) is 31.9 Å². The van der Waals surface area contributed by atoms with Gasteiger partial charge in [0, 0.05) is 41.2 Å². The number of aliphatic hydroxyl groups excluding tert-OH is 1. The average Bonchev–Trinajstić information content (AvgIpc) is 3.50. The zero-order chi connectivity index (χ0) is 24.1. The van der Waals surface area contributed by atoms with Crippen LogP contribution in [0, 0.1) is 18.8 Å². The van der Waals surface area contributed by atoms with Crippen molar-refractivity contribution in [2.75, 3.05) is 5.73 Å². The SMILES string of the molecule is Cc1ccc(C(=O)NCc2ccsc2)cc1C#Cc1cc(-c2cnn(CC(C)O)c2)cnc1N. The monoisotopic (exact) mass is 471 g/mol. The highest BCUT2D eigenvalue weighted by Crippen LogP contribution is 2.21. The average molecular weight is 472 g/mol. The zero-order valence-corrected chi connectivity index (χ0v) is 19.8. The third-order valence-electron chi connectivity index (χ3n) is 5.20. The number of anilines is 1. The Labute approximate surface area is 202 Å². The van der Waals surface area contributed by atoms with E-state index in [1.165, 1.54) is 0 Å². The minimum Gasteiger partial charge on any atom is -0.391 e. The van der Waals surface area contributed by atoms with E-state index < -0.39 is 6.10 Å². The summed E-state index contributed by atoms with van der Waals surface area (Å²) < 4.78 is 1.68. The van der Waals surface area contributed by atoms with Gasteiger partial charge in [0.2, 0.25) is 0 Å². The lowest BCUT2D eigenvalue weighted by Crippen LogP contribution is -2.22.